The van der Waals surface area contributed by atoms with E-state index in [1.165, 1.54) is 10.5 Å². The Morgan fingerprint density at radius 1 is 1.35 bits per heavy atom. The summed E-state index contributed by atoms with van der Waals surface area (Å²) in [5.41, 5.74) is 1.91. The molecule has 1 aromatic heterocycles. The Morgan fingerprint density at radius 3 is 2.70 bits per heavy atom. The molecule has 1 N–H and O–H groups in total. The summed E-state index contributed by atoms with van der Waals surface area (Å²) in [7, 11) is 0. The number of halogens is 1. The van der Waals surface area contributed by atoms with Gasteiger partial charge in [0, 0.05) is 16.7 Å². The molecule has 108 valence electrons. The average Bonchev–Trinajstić information content (AvgIpc) is 2.79. The first-order valence-corrected chi connectivity index (χ1v) is 7.96. The van der Waals surface area contributed by atoms with Gasteiger partial charge in [0.1, 0.15) is 6.10 Å². The molecule has 2 aromatic rings. The van der Waals surface area contributed by atoms with E-state index in [1.54, 1.807) is 22.6 Å². The summed E-state index contributed by atoms with van der Waals surface area (Å²) in [5.74, 6) is 0.559. The van der Waals surface area contributed by atoms with Crippen molar-refractivity contribution in [3.8, 4) is 0 Å². The average molecular weight is 311 g/mol. The minimum atomic E-state index is -0.628. The lowest BCUT2D eigenvalue weighted by atomic mass is 10.2. The molecule has 0 fully saturated rings. The first-order chi connectivity index (χ1) is 9.50. The van der Waals surface area contributed by atoms with Crippen LogP contribution in [0.4, 0.5) is 0 Å². The maximum atomic E-state index is 10.4. The second-order valence-corrected chi connectivity index (χ2v) is 6.48. The molecule has 0 spiro atoms. The smallest absolute Gasteiger partial charge is 0.106 e. The summed E-state index contributed by atoms with van der Waals surface area (Å²) in [4.78, 5) is 1.18. The Labute approximate surface area is 129 Å². The molecule has 0 aliphatic heterocycles. The molecule has 2 rings (SSSR count). The predicted molar refractivity (Wildman–Crippen MR) is 84.5 cm³/mol. The lowest BCUT2D eigenvalue weighted by Gasteiger charge is -2.16. The van der Waals surface area contributed by atoms with E-state index in [0.717, 1.165) is 0 Å². The van der Waals surface area contributed by atoms with Gasteiger partial charge in [-0.1, -0.05) is 29.8 Å². The van der Waals surface area contributed by atoms with Crippen LogP contribution < -0.4 is 0 Å². The highest BCUT2D eigenvalue weighted by atomic mass is 35.5. The van der Waals surface area contributed by atoms with Crippen molar-refractivity contribution in [3.05, 3.63) is 46.7 Å². The summed E-state index contributed by atoms with van der Waals surface area (Å²) >= 11 is 7.78. The number of aliphatic hydroxyl groups is 1. The molecule has 0 saturated heterocycles. The van der Waals surface area contributed by atoms with Crippen molar-refractivity contribution in [1.82, 2.24) is 9.78 Å². The van der Waals surface area contributed by atoms with Crippen LogP contribution in [-0.4, -0.2) is 20.6 Å². The summed E-state index contributed by atoms with van der Waals surface area (Å²) in [5, 5.41) is 15.2. The zero-order chi connectivity index (χ0) is 14.7. The number of hydrogen-bond donors (Lipinski definition) is 1. The van der Waals surface area contributed by atoms with E-state index in [2.05, 4.69) is 24.2 Å². The van der Waals surface area contributed by atoms with Gasteiger partial charge in [-0.3, -0.25) is 4.68 Å². The normalized spacial score (nSPS) is 12.9. The van der Waals surface area contributed by atoms with E-state index in [4.69, 9.17) is 11.6 Å². The van der Waals surface area contributed by atoms with Gasteiger partial charge in [-0.25, -0.2) is 0 Å². The first kappa shape index (κ1) is 15.4. The van der Waals surface area contributed by atoms with Crippen LogP contribution >= 0.6 is 23.4 Å². The number of benzene rings is 1. The third-order valence-corrected chi connectivity index (χ3v) is 4.62. The SMILES string of the molecule is Cc1ccccc1SCC(O)c1c(Cl)cnn1C(C)C. The van der Waals surface area contributed by atoms with E-state index in [0.29, 0.717) is 16.5 Å². The molecule has 0 aliphatic carbocycles. The zero-order valence-corrected chi connectivity index (χ0v) is 13.4. The lowest BCUT2D eigenvalue weighted by Crippen LogP contribution is -2.13. The van der Waals surface area contributed by atoms with Crippen molar-refractivity contribution in [2.24, 2.45) is 0 Å². The molecule has 1 aromatic carbocycles. The molecule has 3 nitrogen and oxygen atoms in total. The standard InChI is InChI=1S/C15H19ClN2OS/c1-10(2)18-15(12(16)8-17-18)13(19)9-20-14-7-5-4-6-11(14)3/h4-8,10,13,19H,9H2,1-3H3. The van der Waals surface area contributed by atoms with Gasteiger partial charge in [0.05, 0.1) is 16.9 Å². The molecule has 1 atom stereocenters. The van der Waals surface area contributed by atoms with Crippen molar-refractivity contribution < 1.29 is 5.11 Å². The molecule has 0 bridgehead atoms. The quantitative estimate of drug-likeness (QED) is 0.839. The van der Waals surface area contributed by atoms with Crippen molar-refractivity contribution in [1.29, 1.82) is 0 Å². The van der Waals surface area contributed by atoms with Crippen molar-refractivity contribution >= 4 is 23.4 Å². The van der Waals surface area contributed by atoms with Crippen LogP contribution in [0.25, 0.3) is 0 Å². The summed E-state index contributed by atoms with van der Waals surface area (Å²) < 4.78 is 1.78. The number of aliphatic hydroxyl groups excluding tert-OH is 1. The minimum absolute atomic E-state index is 0.176. The summed E-state index contributed by atoms with van der Waals surface area (Å²) in [6, 6.07) is 8.33. The number of thioether (sulfide) groups is 1. The lowest BCUT2D eigenvalue weighted by molar-refractivity contribution is 0.189. The molecule has 0 aliphatic rings. The number of nitrogens with zero attached hydrogens (tertiary/aromatic N) is 2. The Hall–Kier alpha value is -0.970. The first-order valence-electron chi connectivity index (χ1n) is 6.60. The van der Waals surface area contributed by atoms with E-state index in [1.807, 2.05) is 26.0 Å². The summed E-state index contributed by atoms with van der Waals surface area (Å²) in [6.45, 7) is 6.11. The molecular weight excluding hydrogens is 292 g/mol. The second kappa shape index (κ2) is 6.66. The monoisotopic (exact) mass is 310 g/mol. The van der Waals surface area contributed by atoms with Gasteiger partial charge in [-0.2, -0.15) is 5.10 Å². The fraction of sp³-hybridized carbons (Fsp3) is 0.400. The molecular formula is C15H19ClN2OS. The van der Waals surface area contributed by atoms with Crippen LogP contribution in [0.3, 0.4) is 0 Å². The molecule has 0 saturated carbocycles. The van der Waals surface area contributed by atoms with Gasteiger partial charge in [-0.05, 0) is 32.4 Å². The van der Waals surface area contributed by atoms with Gasteiger partial charge >= 0.3 is 0 Å². The topological polar surface area (TPSA) is 38.1 Å². The van der Waals surface area contributed by atoms with Gasteiger partial charge in [0.25, 0.3) is 0 Å². The van der Waals surface area contributed by atoms with Gasteiger partial charge < -0.3 is 5.11 Å². The van der Waals surface area contributed by atoms with E-state index in [-0.39, 0.29) is 6.04 Å². The molecule has 1 unspecified atom stereocenters. The number of aryl methyl sites for hydroxylation is 1. The van der Waals surface area contributed by atoms with Crippen LogP contribution in [0.1, 0.15) is 37.3 Å². The Balaban J connectivity index is 2.11. The maximum absolute atomic E-state index is 10.4. The molecule has 0 amide bonds. The number of rotatable bonds is 5. The highest BCUT2D eigenvalue weighted by molar-refractivity contribution is 7.99. The fourth-order valence-corrected chi connectivity index (χ4v) is 3.26. The number of aromatic nitrogens is 2. The van der Waals surface area contributed by atoms with Crippen molar-refractivity contribution in [2.75, 3.05) is 5.75 Å². The Kier molecular flexibility index (Phi) is 5.13. The predicted octanol–water partition coefficient (Wildman–Crippen LogP) is 4.25. The van der Waals surface area contributed by atoms with Crippen LogP contribution in [0.15, 0.2) is 35.4 Å². The van der Waals surface area contributed by atoms with E-state index in [9.17, 15) is 5.11 Å². The molecule has 5 heteroatoms. The molecule has 20 heavy (non-hydrogen) atoms. The third-order valence-electron chi connectivity index (χ3n) is 3.08. The van der Waals surface area contributed by atoms with E-state index < -0.39 is 6.10 Å². The Bertz CT molecular complexity index is 583. The van der Waals surface area contributed by atoms with Crippen molar-refractivity contribution in [3.63, 3.8) is 0 Å². The highest BCUT2D eigenvalue weighted by Crippen LogP contribution is 2.31. The van der Waals surface area contributed by atoms with E-state index >= 15 is 0 Å². The fourth-order valence-electron chi connectivity index (χ4n) is 2.04. The second-order valence-electron chi connectivity index (χ2n) is 5.01. The summed E-state index contributed by atoms with van der Waals surface area (Å²) in [6.07, 6.45) is 0.968. The van der Waals surface area contributed by atoms with Gasteiger partial charge in [-0.15, -0.1) is 11.8 Å². The minimum Gasteiger partial charge on any atom is -0.386 e. The van der Waals surface area contributed by atoms with Crippen LogP contribution in [-0.2, 0) is 0 Å². The Morgan fingerprint density at radius 2 is 2.05 bits per heavy atom. The maximum Gasteiger partial charge on any atom is 0.106 e. The van der Waals surface area contributed by atoms with Crippen LogP contribution in [0.2, 0.25) is 5.02 Å². The zero-order valence-electron chi connectivity index (χ0n) is 11.9. The van der Waals surface area contributed by atoms with Gasteiger partial charge in [0.2, 0.25) is 0 Å². The van der Waals surface area contributed by atoms with Crippen LogP contribution in [0, 0.1) is 6.92 Å². The largest absolute Gasteiger partial charge is 0.386 e. The van der Waals surface area contributed by atoms with Crippen molar-refractivity contribution in [2.45, 2.75) is 37.8 Å². The molecule has 1 heterocycles. The van der Waals surface area contributed by atoms with Crippen LogP contribution in [0.5, 0.6) is 0 Å². The third kappa shape index (κ3) is 3.37. The molecule has 0 radical (unpaired) electrons. The van der Waals surface area contributed by atoms with Gasteiger partial charge in [0.15, 0.2) is 0 Å². The highest BCUT2D eigenvalue weighted by Gasteiger charge is 2.20. The number of hydrogen-bond acceptors (Lipinski definition) is 3.